The molecule has 0 spiro atoms. The van der Waals surface area contributed by atoms with Gasteiger partial charge in [-0.3, -0.25) is 19.7 Å². The number of aliphatic carboxylic acids is 1. The molecule has 0 heterocycles. The average molecular weight is 452 g/mol. The van der Waals surface area contributed by atoms with Crippen LogP contribution in [-0.2, 0) is 30.3 Å². The van der Waals surface area contributed by atoms with E-state index in [-0.39, 0.29) is 24.0 Å². The van der Waals surface area contributed by atoms with Gasteiger partial charge in [-0.15, -0.1) is 0 Å². The molecular formula is C23H33NO8. The Morgan fingerprint density at radius 2 is 1.59 bits per heavy atom. The van der Waals surface area contributed by atoms with Crippen LogP contribution in [0, 0.1) is 5.41 Å². The fourth-order valence-electron chi connectivity index (χ4n) is 2.66. The first-order chi connectivity index (χ1) is 14.8. The van der Waals surface area contributed by atoms with E-state index >= 15 is 0 Å². The Kier molecular flexibility index (Phi) is 9.38. The number of benzene rings is 1. The van der Waals surface area contributed by atoms with Crippen LogP contribution in [0.5, 0.6) is 11.5 Å². The number of ether oxygens (including phenoxy) is 3. The molecule has 0 bridgehead atoms. The number of nitrogens with one attached hydrogen (secondary N) is 1. The fraction of sp³-hybridized carbons (Fsp3) is 0.565. The lowest BCUT2D eigenvalue weighted by molar-refractivity contribution is -0.191. The summed E-state index contributed by atoms with van der Waals surface area (Å²) in [5.74, 6) is -3.31. The number of esters is 3. The van der Waals surface area contributed by atoms with Crippen LogP contribution < -0.4 is 14.8 Å². The molecule has 9 heteroatoms. The lowest BCUT2D eigenvalue weighted by Gasteiger charge is -2.35. The monoisotopic (exact) mass is 451 g/mol. The minimum atomic E-state index is -2.06. The Labute approximate surface area is 188 Å². The van der Waals surface area contributed by atoms with Crippen molar-refractivity contribution in [2.24, 2.45) is 5.41 Å². The number of hydrogen-bond acceptors (Lipinski definition) is 8. The van der Waals surface area contributed by atoms with E-state index in [1.807, 2.05) is 13.8 Å². The molecule has 0 aliphatic carbocycles. The lowest BCUT2D eigenvalue weighted by Crippen LogP contribution is -2.60. The second-order valence-corrected chi connectivity index (χ2v) is 8.36. The molecule has 32 heavy (non-hydrogen) atoms. The Hall–Kier alpha value is -2.94. The summed E-state index contributed by atoms with van der Waals surface area (Å²) in [4.78, 5) is 48.1. The summed E-state index contributed by atoms with van der Waals surface area (Å²) < 4.78 is 15.8. The zero-order valence-electron chi connectivity index (χ0n) is 19.7. The van der Waals surface area contributed by atoms with Crippen LogP contribution >= 0.6 is 0 Å². The summed E-state index contributed by atoms with van der Waals surface area (Å²) in [6.07, 6.45) is 0.791. The van der Waals surface area contributed by atoms with Crippen LogP contribution in [0.3, 0.4) is 0 Å². The predicted octanol–water partition coefficient (Wildman–Crippen LogP) is 3.23. The Morgan fingerprint density at radius 3 is 2.06 bits per heavy atom. The molecule has 9 nitrogen and oxygen atoms in total. The molecule has 0 amide bonds. The summed E-state index contributed by atoms with van der Waals surface area (Å²) in [5, 5.41) is 13.0. The maximum Gasteiger partial charge on any atom is 0.364 e. The van der Waals surface area contributed by atoms with Crippen molar-refractivity contribution in [1.29, 1.82) is 0 Å². The van der Waals surface area contributed by atoms with Crippen LogP contribution in [0.2, 0.25) is 0 Å². The van der Waals surface area contributed by atoms with Crippen LogP contribution in [0.15, 0.2) is 18.2 Å². The molecule has 0 aromatic heterocycles. The van der Waals surface area contributed by atoms with E-state index in [1.54, 1.807) is 20.8 Å². The molecule has 2 N–H and O–H groups in total. The van der Waals surface area contributed by atoms with E-state index < -0.39 is 35.0 Å². The molecule has 0 saturated carbocycles. The summed E-state index contributed by atoms with van der Waals surface area (Å²) >= 11 is 0. The van der Waals surface area contributed by atoms with E-state index in [9.17, 15) is 24.3 Å². The number of carboxylic acids is 1. The average Bonchev–Trinajstić information content (AvgIpc) is 2.68. The van der Waals surface area contributed by atoms with Crippen LogP contribution in [0.1, 0.15) is 66.9 Å². The van der Waals surface area contributed by atoms with Crippen molar-refractivity contribution < 1.29 is 38.5 Å². The molecule has 0 radical (unpaired) electrons. The van der Waals surface area contributed by atoms with Crippen molar-refractivity contribution in [1.82, 2.24) is 5.32 Å². The molecule has 178 valence electrons. The van der Waals surface area contributed by atoms with Gasteiger partial charge >= 0.3 is 23.9 Å². The third kappa shape index (κ3) is 7.33. The van der Waals surface area contributed by atoms with Gasteiger partial charge in [0.15, 0.2) is 11.5 Å². The van der Waals surface area contributed by atoms with Gasteiger partial charge in [-0.2, -0.15) is 0 Å². The molecule has 1 aromatic carbocycles. The maximum atomic E-state index is 12.8. The number of carbonyl (C=O) groups excluding carboxylic acids is 3. The van der Waals surface area contributed by atoms with Crippen molar-refractivity contribution in [2.75, 3.05) is 0 Å². The van der Waals surface area contributed by atoms with Gasteiger partial charge in [-0.05, 0) is 51.3 Å². The first-order valence-electron chi connectivity index (χ1n) is 10.5. The third-order valence-corrected chi connectivity index (χ3v) is 5.11. The molecule has 1 aromatic rings. The van der Waals surface area contributed by atoms with E-state index in [0.717, 1.165) is 0 Å². The number of rotatable bonds is 11. The molecule has 0 fully saturated rings. The van der Waals surface area contributed by atoms with E-state index in [0.29, 0.717) is 18.4 Å². The topological polar surface area (TPSA) is 128 Å². The smallest absolute Gasteiger partial charge is 0.364 e. The third-order valence-electron chi connectivity index (χ3n) is 5.11. The van der Waals surface area contributed by atoms with Gasteiger partial charge in [-0.1, -0.05) is 19.9 Å². The number of hydrogen-bond donors (Lipinski definition) is 2. The van der Waals surface area contributed by atoms with Gasteiger partial charge in [-0.25, -0.2) is 4.79 Å². The van der Waals surface area contributed by atoms with Crippen molar-refractivity contribution >= 4 is 23.9 Å². The van der Waals surface area contributed by atoms with Gasteiger partial charge in [0.2, 0.25) is 0 Å². The minimum absolute atomic E-state index is 0.0105. The predicted molar refractivity (Wildman–Crippen MR) is 116 cm³/mol. The highest BCUT2D eigenvalue weighted by Gasteiger charge is 2.46. The van der Waals surface area contributed by atoms with Gasteiger partial charge in [0, 0.05) is 26.3 Å². The summed E-state index contributed by atoms with van der Waals surface area (Å²) in [7, 11) is 0. The van der Waals surface area contributed by atoms with Gasteiger partial charge in [0.25, 0.3) is 5.72 Å². The highest BCUT2D eigenvalue weighted by Crippen LogP contribution is 2.32. The lowest BCUT2D eigenvalue weighted by atomic mass is 9.90. The zero-order chi connectivity index (χ0) is 24.7. The van der Waals surface area contributed by atoms with Crippen LogP contribution in [-0.4, -0.2) is 40.8 Å². The van der Waals surface area contributed by atoms with Crippen LogP contribution in [0.25, 0.3) is 0 Å². The van der Waals surface area contributed by atoms with Gasteiger partial charge in [0.1, 0.15) is 0 Å². The SMILES string of the molecule is CCC(C)N[C@@](Cc1ccc(OC(C)=O)c(OC(C)=O)c1)(OC(=O)C(C)(C)CC)C(=O)O. The first kappa shape index (κ1) is 27.1. The molecular weight excluding hydrogens is 418 g/mol. The molecule has 0 saturated heterocycles. The molecule has 2 atom stereocenters. The van der Waals surface area contributed by atoms with Gasteiger partial charge in [0.05, 0.1) is 5.41 Å². The van der Waals surface area contributed by atoms with E-state index in [4.69, 9.17) is 14.2 Å². The fourth-order valence-corrected chi connectivity index (χ4v) is 2.66. The van der Waals surface area contributed by atoms with Crippen molar-refractivity contribution in [2.45, 2.75) is 79.5 Å². The standard InChI is InChI=1S/C23H33NO8/c1-8-14(3)24-23(20(27)28,32-21(29)22(6,7)9-2)13-17-10-11-18(30-15(4)25)19(12-17)31-16(5)26/h10-12,14,24H,8-9,13H2,1-7H3,(H,27,28)/t14?,23-/m0/s1. The first-order valence-corrected chi connectivity index (χ1v) is 10.5. The summed E-state index contributed by atoms with van der Waals surface area (Å²) in [6, 6.07) is 4.01. The Balaban J connectivity index is 3.47. The van der Waals surface area contributed by atoms with Crippen molar-refractivity contribution in [3.63, 3.8) is 0 Å². The Morgan fingerprint density at radius 1 is 1.03 bits per heavy atom. The minimum Gasteiger partial charge on any atom is -0.477 e. The van der Waals surface area contributed by atoms with Crippen molar-refractivity contribution in [3.8, 4) is 11.5 Å². The Bertz CT molecular complexity index is 864. The highest BCUT2D eigenvalue weighted by molar-refractivity contribution is 5.84. The maximum absolute atomic E-state index is 12.8. The second-order valence-electron chi connectivity index (χ2n) is 8.36. The normalized spacial score (nSPS) is 14.1. The quantitative estimate of drug-likeness (QED) is 0.296. The summed E-state index contributed by atoms with van der Waals surface area (Å²) in [5.41, 5.74) is -2.56. The zero-order valence-corrected chi connectivity index (χ0v) is 19.7. The number of carboxylic acid groups (broad SMARTS) is 1. The van der Waals surface area contributed by atoms with E-state index in [2.05, 4.69) is 5.32 Å². The molecule has 0 aliphatic heterocycles. The van der Waals surface area contributed by atoms with E-state index in [1.165, 1.54) is 32.0 Å². The highest BCUT2D eigenvalue weighted by atomic mass is 16.6. The molecule has 1 rings (SSSR count). The largest absolute Gasteiger partial charge is 0.477 e. The van der Waals surface area contributed by atoms with Crippen molar-refractivity contribution in [3.05, 3.63) is 23.8 Å². The van der Waals surface area contributed by atoms with Gasteiger partial charge < -0.3 is 19.3 Å². The molecule has 0 aliphatic rings. The summed E-state index contributed by atoms with van der Waals surface area (Å²) in [6.45, 7) is 11.2. The number of carbonyl (C=O) groups is 4. The second kappa shape index (κ2) is 11.1. The molecule has 1 unspecified atom stereocenters. The van der Waals surface area contributed by atoms with Crippen LogP contribution in [0.4, 0.5) is 0 Å².